The molecule has 2 aliphatic rings. The van der Waals surface area contributed by atoms with Crippen LogP contribution in [0.1, 0.15) is 38.2 Å². The molecule has 3 rings (SSSR count). The van der Waals surface area contributed by atoms with Gasteiger partial charge in [-0.15, -0.1) is 0 Å². The highest BCUT2D eigenvalue weighted by molar-refractivity contribution is 5.43. The average Bonchev–Trinajstić information content (AvgIpc) is 3.21. The van der Waals surface area contributed by atoms with Crippen molar-refractivity contribution in [3.05, 3.63) is 29.8 Å². The van der Waals surface area contributed by atoms with E-state index in [9.17, 15) is 0 Å². The highest BCUT2D eigenvalue weighted by Gasteiger charge is 2.46. The summed E-state index contributed by atoms with van der Waals surface area (Å²) in [6.07, 6.45) is 5.51. The number of hydrogen-bond donors (Lipinski definition) is 1. The second-order valence-corrected chi connectivity index (χ2v) is 5.70. The molecule has 92 valence electrons. The maximum absolute atomic E-state index is 5.77. The number of nitrogen functional groups attached to an aromatic ring is 1. The summed E-state index contributed by atoms with van der Waals surface area (Å²) in [7, 11) is 0. The van der Waals surface area contributed by atoms with E-state index < -0.39 is 0 Å². The highest BCUT2D eigenvalue weighted by atomic mass is 15.2. The lowest BCUT2D eigenvalue weighted by molar-refractivity contribution is 0.251. The van der Waals surface area contributed by atoms with Crippen molar-refractivity contribution in [1.29, 1.82) is 0 Å². The van der Waals surface area contributed by atoms with Crippen LogP contribution in [0, 0.1) is 0 Å². The fourth-order valence-electron chi connectivity index (χ4n) is 2.85. The van der Waals surface area contributed by atoms with Crippen molar-refractivity contribution in [2.24, 2.45) is 0 Å². The molecular formula is C15H22N2. The first-order chi connectivity index (χ1) is 8.23. The van der Waals surface area contributed by atoms with E-state index in [2.05, 4.69) is 24.0 Å². The molecular weight excluding hydrogens is 208 g/mol. The zero-order valence-corrected chi connectivity index (χ0v) is 10.7. The summed E-state index contributed by atoms with van der Waals surface area (Å²) in [4.78, 5) is 2.67. The van der Waals surface area contributed by atoms with Gasteiger partial charge in [-0.2, -0.15) is 0 Å². The molecule has 0 bridgehead atoms. The molecule has 2 N–H and O–H groups in total. The third-order valence-corrected chi connectivity index (χ3v) is 4.35. The van der Waals surface area contributed by atoms with Crippen molar-refractivity contribution in [2.45, 2.75) is 44.1 Å². The third-order valence-electron chi connectivity index (χ3n) is 4.35. The molecule has 2 aliphatic carbocycles. The van der Waals surface area contributed by atoms with E-state index in [1.165, 1.54) is 44.3 Å². The Morgan fingerprint density at radius 1 is 1.24 bits per heavy atom. The zero-order chi connectivity index (χ0) is 11.9. The lowest BCUT2D eigenvalue weighted by Gasteiger charge is -2.26. The van der Waals surface area contributed by atoms with Crippen LogP contribution in [0.15, 0.2) is 24.3 Å². The molecule has 0 amide bonds. The van der Waals surface area contributed by atoms with Gasteiger partial charge in [0.05, 0.1) is 0 Å². The topological polar surface area (TPSA) is 29.3 Å². The van der Waals surface area contributed by atoms with Crippen LogP contribution in [-0.2, 0) is 5.41 Å². The first kappa shape index (κ1) is 11.1. The number of likely N-dealkylation sites (N-methyl/N-ethyl adjacent to an activating group) is 1. The van der Waals surface area contributed by atoms with Gasteiger partial charge in [-0.05, 0) is 49.9 Å². The molecule has 0 spiro atoms. The van der Waals surface area contributed by atoms with Crippen LogP contribution in [-0.4, -0.2) is 24.0 Å². The molecule has 2 heteroatoms. The summed E-state index contributed by atoms with van der Waals surface area (Å²) in [5.74, 6) is 0. The maximum atomic E-state index is 5.77. The summed E-state index contributed by atoms with van der Waals surface area (Å²) in [5.41, 5.74) is 8.58. The number of nitrogens with zero attached hydrogens (tertiary/aromatic N) is 1. The number of hydrogen-bond acceptors (Lipinski definition) is 2. The van der Waals surface area contributed by atoms with E-state index in [0.717, 1.165) is 11.7 Å². The van der Waals surface area contributed by atoms with Crippen molar-refractivity contribution < 1.29 is 0 Å². The van der Waals surface area contributed by atoms with Crippen molar-refractivity contribution in [3.8, 4) is 0 Å². The number of benzene rings is 1. The summed E-state index contributed by atoms with van der Waals surface area (Å²) in [5, 5.41) is 0. The predicted molar refractivity (Wildman–Crippen MR) is 72.0 cm³/mol. The second kappa shape index (κ2) is 4.02. The monoisotopic (exact) mass is 230 g/mol. The number of anilines is 1. The van der Waals surface area contributed by atoms with Crippen molar-refractivity contribution in [2.75, 3.05) is 18.8 Å². The number of rotatable bonds is 5. The minimum atomic E-state index is 0.451. The first-order valence-corrected chi connectivity index (χ1v) is 6.83. The molecule has 0 saturated heterocycles. The Kier molecular flexibility index (Phi) is 2.62. The van der Waals surface area contributed by atoms with Crippen molar-refractivity contribution in [3.63, 3.8) is 0 Å². The Balaban J connectivity index is 1.74. The molecule has 2 nitrogen and oxygen atoms in total. The van der Waals surface area contributed by atoms with Gasteiger partial charge in [-0.1, -0.05) is 19.1 Å². The van der Waals surface area contributed by atoms with Crippen LogP contribution in [0.25, 0.3) is 0 Å². The molecule has 1 aromatic carbocycles. The van der Waals surface area contributed by atoms with Gasteiger partial charge < -0.3 is 5.73 Å². The summed E-state index contributed by atoms with van der Waals surface area (Å²) >= 11 is 0. The van der Waals surface area contributed by atoms with E-state index in [1.54, 1.807) is 0 Å². The van der Waals surface area contributed by atoms with Crippen LogP contribution in [0.5, 0.6) is 0 Å². The molecule has 0 radical (unpaired) electrons. The molecule has 2 fully saturated rings. The standard InChI is InChI=1S/C15H22N2/c1-2-17(14-7-8-14)11-15(9-10-15)12-3-5-13(16)6-4-12/h3-6,14H,2,7-11,16H2,1H3. The number of nitrogens with two attached hydrogens (primary N) is 1. The van der Waals surface area contributed by atoms with Gasteiger partial charge in [0.2, 0.25) is 0 Å². The van der Waals surface area contributed by atoms with E-state index in [4.69, 9.17) is 5.73 Å². The molecule has 2 saturated carbocycles. The smallest absolute Gasteiger partial charge is 0.0314 e. The summed E-state index contributed by atoms with van der Waals surface area (Å²) in [6, 6.07) is 9.42. The van der Waals surface area contributed by atoms with Crippen LogP contribution in [0.2, 0.25) is 0 Å². The van der Waals surface area contributed by atoms with Gasteiger partial charge in [0.25, 0.3) is 0 Å². The van der Waals surface area contributed by atoms with Crippen LogP contribution >= 0.6 is 0 Å². The SMILES string of the molecule is CCN(CC1(c2ccc(N)cc2)CC1)C1CC1. The van der Waals surface area contributed by atoms with Crippen LogP contribution < -0.4 is 5.73 Å². The first-order valence-electron chi connectivity index (χ1n) is 6.83. The van der Waals surface area contributed by atoms with E-state index >= 15 is 0 Å². The maximum Gasteiger partial charge on any atom is 0.0314 e. The van der Waals surface area contributed by atoms with Gasteiger partial charge >= 0.3 is 0 Å². The highest BCUT2D eigenvalue weighted by Crippen LogP contribution is 2.49. The molecule has 0 unspecified atom stereocenters. The lowest BCUT2D eigenvalue weighted by Crippen LogP contribution is -2.34. The Morgan fingerprint density at radius 3 is 2.35 bits per heavy atom. The Morgan fingerprint density at radius 2 is 1.88 bits per heavy atom. The fourth-order valence-corrected chi connectivity index (χ4v) is 2.85. The predicted octanol–water partition coefficient (Wildman–Crippen LogP) is 2.78. The van der Waals surface area contributed by atoms with Gasteiger partial charge in [-0.25, -0.2) is 0 Å². The Hall–Kier alpha value is -1.02. The summed E-state index contributed by atoms with van der Waals surface area (Å²) < 4.78 is 0. The van der Waals surface area contributed by atoms with Gasteiger partial charge in [0.15, 0.2) is 0 Å². The minimum absolute atomic E-state index is 0.451. The fraction of sp³-hybridized carbons (Fsp3) is 0.600. The largest absolute Gasteiger partial charge is 0.399 e. The average molecular weight is 230 g/mol. The second-order valence-electron chi connectivity index (χ2n) is 5.70. The Bertz CT molecular complexity index is 388. The normalized spacial score (nSPS) is 21.8. The minimum Gasteiger partial charge on any atom is -0.399 e. The van der Waals surface area contributed by atoms with E-state index in [-0.39, 0.29) is 0 Å². The van der Waals surface area contributed by atoms with Crippen LogP contribution in [0.4, 0.5) is 5.69 Å². The quantitative estimate of drug-likeness (QED) is 0.788. The third kappa shape index (κ3) is 2.19. The van der Waals surface area contributed by atoms with E-state index in [0.29, 0.717) is 5.41 Å². The van der Waals surface area contributed by atoms with Gasteiger partial charge in [-0.3, -0.25) is 4.90 Å². The van der Waals surface area contributed by atoms with Crippen molar-refractivity contribution in [1.82, 2.24) is 4.90 Å². The zero-order valence-electron chi connectivity index (χ0n) is 10.7. The summed E-state index contributed by atoms with van der Waals surface area (Å²) in [6.45, 7) is 4.73. The molecule has 1 aromatic rings. The molecule has 17 heavy (non-hydrogen) atoms. The van der Waals surface area contributed by atoms with Crippen molar-refractivity contribution >= 4 is 5.69 Å². The molecule has 0 atom stereocenters. The molecule has 0 heterocycles. The van der Waals surface area contributed by atoms with E-state index in [1.807, 2.05) is 12.1 Å². The van der Waals surface area contributed by atoms with Gasteiger partial charge in [0, 0.05) is 23.7 Å². The van der Waals surface area contributed by atoms with Gasteiger partial charge in [0.1, 0.15) is 0 Å². The molecule has 0 aliphatic heterocycles. The lowest BCUT2D eigenvalue weighted by atomic mass is 9.95. The molecule has 0 aromatic heterocycles. The van der Waals surface area contributed by atoms with Crippen LogP contribution in [0.3, 0.4) is 0 Å². The Labute approximate surface area is 104 Å².